The van der Waals surface area contributed by atoms with Crippen LogP contribution in [-0.2, 0) is 14.7 Å². The van der Waals surface area contributed by atoms with E-state index in [1.54, 1.807) is 0 Å². The van der Waals surface area contributed by atoms with Gasteiger partial charge in [0.05, 0.1) is 21.9 Å². The molecule has 1 aliphatic rings. The summed E-state index contributed by atoms with van der Waals surface area (Å²) >= 11 is 6.43. The molecule has 0 aromatic carbocycles. The summed E-state index contributed by atoms with van der Waals surface area (Å²) in [5.74, 6) is 0. The van der Waals surface area contributed by atoms with E-state index >= 15 is 0 Å². The predicted molar refractivity (Wildman–Crippen MR) is 88.4 cm³/mol. The number of pyridine rings is 1. The molecule has 1 aromatic rings. The second kappa shape index (κ2) is 4.97. The Balaban J connectivity index is 2.42. The molecular formula is C16H25BClNO2. The van der Waals surface area contributed by atoms with E-state index in [9.17, 15) is 0 Å². The normalized spacial score (nSPS) is 20.9. The van der Waals surface area contributed by atoms with Gasteiger partial charge in [0.15, 0.2) is 0 Å². The van der Waals surface area contributed by atoms with Gasteiger partial charge in [-0.25, -0.2) is 0 Å². The van der Waals surface area contributed by atoms with Crippen LogP contribution in [0.25, 0.3) is 0 Å². The Kier molecular flexibility index (Phi) is 3.97. The quantitative estimate of drug-likeness (QED) is 0.742. The molecule has 2 heterocycles. The van der Waals surface area contributed by atoms with Crippen molar-refractivity contribution in [2.24, 2.45) is 0 Å². The number of nitrogens with zero attached hydrogens (tertiary/aromatic N) is 1. The highest BCUT2D eigenvalue weighted by Crippen LogP contribution is 2.37. The van der Waals surface area contributed by atoms with Crippen LogP contribution in [0.3, 0.4) is 0 Å². The maximum atomic E-state index is 6.43. The van der Waals surface area contributed by atoms with E-state index in [2.05, 4.69) is 20.8 Å². The maximum Gasteiger partial charge on any atom is 0.496 e. The topological polar surface area (TPSA) is 31.4 Å². The van der Waals surface area contributed by atoms with Crippen LogP contribution in [0.1, 0.15) is 59.9 Å². The van der Waals surface area contributed by atoms with Crippen LogP contribution in [0.15, 0.2) is 6.07 Å². The van der Waals surface area contributed by atoms with Gasteiger partial charge < -0.3 is 9.31 Å². The standard InChI is InChI=1S/C16H25BClNO2/c1-10-11(9-12(18)13(19-10)14(2,3)4)17-20-15(5,6)16(7,8)21-17/h9H,1-8H3. The van der Waals surface area contributed by atoms with Gasteiger partial charge in [-0.3, -0.25) is 4.98 Å². The van der Waals surface area contributed by atoms with Crippen molar-refractivity contribution in [3.63, 3.8) is 0 Å². The molecular weight excluding hydrogens is 284 g/mol. The minimum absolute atomic E-state index is 0.0870. The minimum atomic E-state index is -0.422. The second-order valence-corrected chi connectivity index (χ2v) is 8.24. The smallest absolute Gasteiger partial charge is 0.399 e. The van der Waals surface area contributed by atoms with Crippen LogP contribution in [-0.4, -0.2) is 23.3 Å². The molecule has 3 nitrogen and oxygen atoms in total. The van der Waals surface area contributed by atoms with Crippen molar-refractivity contribution < 1.29 is 9.31 Å². The minimum Gasteiger partial charge on any atom is -0.399 e. The molecule has 1 saturated heterocycles. The number of halogens is 1. The Hall–Kier alpha value is -0.575. The van der Waals surface area contributed by atoms with E-state index < -0.39 is 7.12 Å². The van der Waals surface area contributed by atoms with Gasteiger partial charge in [-0.15, -0.1) is 0 Å². The molecule has 0 spiro atoms. The maximum absolute atomic E-state index is 6.43. The van der Waals surface area contributed by atoms with Gasteiger partial charge in [0, 0.05) is 16.6 Å². The first-order valence-corrected chi connectivity index (χ1v) is 7.76. The van der Waals surface area contributed by atoms with Crippen molar-refractivity contribution in [2.45, 2.75) is 72.0 Å². The third-order valence-electron chi connectivity index (χ3n) is 4.42. The highest BCUT2D eigenvalue weighted by Gasteiger charge is 2.52. The number of rotatable bonds is 1. The zero-order chi connectivity index (χ0) is 16.2. The van der Waals surface area contributed by atoms with Crippen LogP contribution >= 0.6 is 11.6 Å². The molecule has 1 fully saturated rings. The number of aryl methyl sites for hydroxylation is 1. The van der Waals surface area contributed by atoms with Crippen molar-refractivity contribution in [1.82, 2.24) is 4.98 Å². The van der Waals surface area contributed by atoms with Crippen LogP contribution < -0.4 is 5.46 Å². The summed E-state index contributed by atoms with van der Waals surface area (Å²) in [6.45, 7) is 16.5. The van der Waals surface area contributed by atoms with E-state index in [4.69, 9.17) is 25.9 Å². The van der Waals surface area contributed by atoms with Crippen molar-refractivity contribution >= 4 is 24.2 Å². The fourth-order valence-electron chi connectivity index (χ4n) is 2.33. The molecule has 21 heavy (non-hydrogen) atoms. The largest absolute Gasteiger partial charge is 0.496 e. The third kappa shape index (κ3) is 2.99. The van der Waals surface area contributed by atoms with E-state index in [-0.39, 0.29) is 16.6 Å². The van der Waals surface area contributed by atoms with Gasteiger partial charge in [0.1, 0.15) is 0 Å². The summed E-state index contributed by atoms with van der Waals surface area (Å²) in [6, 6.07) is 1.94. The van der Waals surface area contributed by atoms with Crippen LogP contribution in [0.5, 0.6) is 0 Å². The lowest BCUT2D eigenvalue weighted by molar-refractivity contribution is 0.00578. The lowest BCUT2D eigenvalue weighted by Crippen LogP contribution is -2.41. The zero-order valence-corrected chi connectivity index (χ0v) is 15.1. The molecule has 0 atom stereocenters. The van der Waals surface area contributed by atoms with E-state index in [0.717, 1.165) is 16.9 Å². The number of hydrogen-bond donors (Lipinski definition) is 0. The first kappa shape index (κ1) is 16.8. The highest BCUT2D eigenvalue weighted by molar-refractivity contribution is 6.62. The summed E-state index contributed by atoms with van der Waals surface area (Å²) in [4.78, 5) is 4.69. The Bertz CT molecular complexity index is 548. The molecule has 2 rings (SSSR count). The van der Waals surface area contributed by atoms with Crippen LogP contribution in [0.4, 0.5) is 0 Å². The Morgan fingerprint density at radius 1 is 1.10 bits per heavy atom. The second-order valence-electron chi connectivity index (χ2n) is 7.83. The fourth-order valence-corrected chi connectivity index (χ4v) is 2.77. The van der Waals surface area contributed by atoms with Crippen molar-refractivity contribution in [3.05, 3.63) is 22.5 Å². The number of aromatic nitrogens is 1. The third-order valence-corrected chi connectivity index (χ3v) is 4.71. The van der Waals surface area contributed by atoms with Crippen LogP contribution in [0, 0.1) is 6.92 Å². The summed E-state index contributed by atoms with van der Waals surface area (Å²) in [6.07, 6.45) is 0. The predicted octanol–water partition coefficient (Wildman–Crippen LogP) is 3.64. The molecule has 0 bridgehead atoms. The first-order valence-electron chi connectivity index (χ1n) is 7.38. The lowest BCUT2D eigenvalue weighted by atomic mass is 9.77. The monoisotopic (exact) mass is 309 g/mol. The average Bonchev–Trinajstić information content (AvgIpc) is 2.49. The van der Waals surface area contributed by atoms with E-state index in [1.807, 2.05) is 40.7 Å². The van der Waals surface area contributed by atoms with Gasteiger partial charge in [0.2, 0.25) is 0 Å². The molecule has 0 radical (unpaired) electrons. The van der Waals surface area contributed by atoms with E-state index in [1.165, 1.54) is 0 Å². The Morgan fingerprint density at radius 2 is 1.57 bits per heavy atom. The SMILES string of the molecule is Cc1nc(C(C)(C)C)c(Cl)cc1B1OC(C)(C)C(C)(C)O1. The zero-order valence-electron chi connectivity index (χ0n) is 14.3. The summed E-state index contributed by atoms with van der Waals surface area (Å²) < 4.78 is 12.2. The highest BCUT2D eigenvalue weighted by atomic mass is 35.5. The molecule has 0 amide bonds. The van der Waals surface area contributed by atoms with Gasteiger partial charge in [-0.1, -0.05) is 32.4 Å². The van der Waals surface area contributed by atoms with Gasteiger partial charge in [0.25, 0.3) is 0 Å². The van der Waals surface area contributed by atoms with Crippen molar-refractivity contribution in [3.8, 4) is 0 Å². The fraction of sp³-hybridized carbons (Fsp3) is 0.688. The molecule has 0 unspecified atom stereocenters. The molecule has 1 aromatic heterocycles. The van der Waals surface area contributed by atoms with Gasteiger partial charge in [-0.05, 0) is 40.7 Å². The summed E-state index contributed by atoms with van der Waals surface area (Å²) in [5, 5.41) is 0.665. The first-order chi connectivity index (χ1) is 9.35. The van der Waals surface area contributed by atoms with Crippen molar-refractivity contribution in [2.75, 3.05) is 0 Å². The van der Waals surface area contributed by atoms with Gasteiger partial charge >= 0.3 is 7.12 Å². The lowest BCUT2D eigenvalue weighted by Gasteiger charge is -2.32. The molecule has 116 valence electrons. The average molecular weight is 310 g/mol. The van der Waals surface area contributed by atoms with Crippen LogP contribution in [0.2, 0.25) is 5.02 Å². The summed E-state index contributed by atoms with van der Waals surface area (Å²) in [5.41, 5.74) is 1.91. The Labute approximate surface area is 133 Å². The van der Waals surface area contributed by atoms with Crippen molar-refractivity contribution in [1.29, 1.82) is 0 Å². The molecule has 0 saturated carbocycles. The summed E-state index contributed by atoms with van der Waals surface area (Å²) in [7, 11) is -0.422. The van der Waals surface area contributed by atoms with E-state index in [0.29, 0.717) is 5.02 Å². The molecule has 1 aliphatic heterocycles. The molecule has 0 aliphatic carbocycles. The number of hydrogen-bond acceptors (Lipinski definition) is 3. The molecule has 0 N–H and O–H groups in total. The molecule has 5 heteroatoms. The van der Waals surface area contributed by atoms with Gasteiger partial charge in [-0.2, -0.15) is 0 Å². The Morgan fingerprint density at radius 3 is 2.00 bits per heavy atom.